The first-order valence-electron chi connectivity index (χ1n) is 12.0. The van der Waals surface area contributed by atoms with Crippen molar-refractivity contribution in [1.29, 1.82) is 0 Å². The summed E-state index contributed by atoms with van der Waals surface area (Å²) in [6, 6.07) is 22.0. The molecule has 0 radical (unpaired) electrons. The predicted molar refractivity (Wildman–Crippen MR) is 141 cm³/mol. The molecule has 0 aliphatic rings. The standard InChI is InChI=1S/C28H30ClN3O4/c1-2-3-17-30-28(34)26(18-21-9-5-4-6-10-21)31(20-22-13-15-24(29)16-14-22)27(33)19-23-11-7-8-12-25(23)32(35)36/h4-16,26H,2-3,17-20H2,1H3,(H,30,34). The van der Waals surface area contributed by atoms with Crippen LogP contribution in [0.15, 0.2) is 78.9 Å². The predicted octanol–water partition coefficient (Wildman–Crippen LogP) is 5.35. The number of hydrogen-bond acceptors (Lipinski definition) is 4. The molecule has 0 aromatic heterocycles. The Morgan fingerprint density at radius 2 is 1.64 bits per heavy atom. The molecule has 8 heteroatoms. The third-order valence-electron chi connectivity index (χ3n) is 5.90. The fraction of sp³-hybridized carbons (Fsp3) is 0.286. The van der Waals surface area contributed by atoms with Crippen molar-refractivity contribution in [2.24, 2.45) is 0 Å². The van der Waals surface area contributed by atoms with E-state index >= 15 is 0 Å². The summed E-state index contributed by atoms with van der Waals surface area (Å²) >= 11 is 6.05. The molecule has 0 saturated carbocycles. The van der Waals surface area contributed by atoms with Gasteiger partial charge in [0.25, 0.3) is 5.69 Å². The van der Waals surface area contributed by atoms with E-state index in [1.54, 1.807) is 30.3 Å². The lowest BCUT2D eigenvalue weighted by molar-refractivity contribution is -0.385. The molecule has 3 aromatic carbocycles. The van der Waals surface area contributed by atoms with Gasteiger partial charge in [-0.15, -0.1) is 0 Å². The second-order valence-corrected chi connectivity index (χ2v) is 9.00. The van der Waals surface area contributed by atoms with E-state index in [0.29, 0.717) is 23.6 Å². The van der Waals surface area contributed by atoms with E-state index in [-0.39, 0.29) is 30.5 Å². The lowest BCUT2D eigenvalue weighted by Crippen LogP contribution is -2.51. The third kappa shape index (κ3) is 7.65. The van der Waals surface area contributed by atoms with Gasteiger partial charge in [-0.25, -0.2) is 0 Å². The zero-order valence-electron chi connectivity index (χ0n) is 20.2. The maximum absolute atomic E-state index is 13.7. The molecule has 0 aliphatic heterocycles. The van der Waals surface area contributed by atoms with Crippen LogP contribution in [0.25, 0.3) is 0 Å². The van der Waals surface area contributed by atoms with E-state index in [1.165, 1.54) is 11.0 Å². The van der Waals surface area contributed by atoms with Crippen LogP contribution in [0.3, 0.4) is 0 Å². The number of amides is 2. The molecule has 0 aliphatic carbocycles. The Labute approximate surface area is 216 Å². The van der Waals surface area contributed by atoms with Crippen LogP contribution in [-0.2, 0) is 29.0 Å². The van der Waals surface area contributed by atoms with Crippen LogP contribution < -0.4 is 5.32 Å². The molecule has 36 heavy (non-hydrogen) atoms. The molecular formula is C28H30ClN3O4. The Bertz CT molecular complexity index is 1170. The quantitative estimate of drug-likeness (QED) is 0.203. The van der Waals surface area contributed by atoms with Crippen LogP contribution in [0.4, 0.5) is 5.69 Å². The first-order valence-corrected chi connectivity index (χ1v) is 12.3. The van der Waals surface area contributed by atoms with Crippen molar-refractivity contribution in [2.75, 3.05) is 6.54 Å². The highest BCUT2D eigenvalue weighted by atomic mass is 35.5. The number of carbonyl (C=O) groups excluding carboxylic acids is 2. The summed E-state index contributed by atoms with van der Waals surface area (Å²) in [7, 11) is 0. The van der Waals surface area contributed by atoms with Crippen molar-refractivity contribution in [1.82, 2.24) is 10.2 Å². The van der Waals surface area contributed by atoms with Gasteiger partial charge in [0.15, 0.2) is 0 Å². The fourth-order valence-corrected chi connectivity index (χ4v) is 4.08. The van der Waals surface area contributed by atoms with Gasteiger partial charge in [0, 0.05) is 36.2 Å². The first kappa shape index (κ1) is 26.9. The lowest BCUT2D eigenvalue weighted by atomic mass is 10.0. The molecule has 0 fully saturated rings. The monoisotopic (exact) mass is 507 g/mol. The highest BCUT2D eigenvalue weighted by Gasteiger charge is 2.31. The van der Waals surface area contributed by atoms with Gasteiger partial charge >= 0.3 is 0 Å². The van der Waals surface area contributed by atoms with Crippen molar-refractivity contribution in [3.05, 3.63) is 111 Å². The molecule has 188 valence electrons. The fourth-order valence-electron chi connectivity index (χ4n) is 3.95. The number of nitrogens with one attached hydrogen (secondary N) is 1. The molecule has 1 N–H and O–H groups in total. The molecule has 0 bridgehead atoms. The highest BCUT2D eigenvalue weighted by molar-refractivity contribution is 6.30. The van der Waals surface area contributed by atoms with E-state index in [2.05, 4.69) is 5.32 Å². The van der Waals surface area contributed by atoms with Crippen molar-refractivity contribution in [2.45, 2.75) is 45.2 Å². The molecule has 0 heterocycles. The van der Waals surface area contributed by atoms with Crippen molar-refractivity contribution in [3.8, 4) is 0 Å². The molecule has 2 amide bonds. The molecule has 3 rings (SSSR count). The van der Waals surface area contributed by atoms with E-state index in [1.807, 2.05) is 49.4 Å². The lowest BCUT2D eigenvalue weighted by Gasteiger charge is -2.31. The summed E-state index contributed by atoms with van der Waals surface area (Å²) in [5, 5.41) is 15.1. The summed E-state index contributed by atoms with van der Waals surface area (Å²) in [6.07, 6.45) is 1.87. The van der Waals surface area contributed by atoms with E-state index in [9.17, 15) is 19.7 Å². The number of nitro benzene ring substituents is 1. The van der Waals surface area contributed by atoms with Gasteiger partial charge in [0.2, 0.25) is 11.8 Å². The average molecular weight is 508 g/mol. The summed E-state index contributed by atoms with van der Waals surface area (Å²) in [5.41, 5.74) is 1.89. The van der Waals surface area contributed by atoms with Crippen LogP contribution in [0.2, 0.25) is 5.02 Å². The number of unbranched alkanes of at least 4 members (excludes halogenated alkanes) is 1. The average Bonchev–Trinajstić information content (AvgIpc) is 2.88. The van der Waals surface area contributed by atoms with Gasteiger partial charge < -0.3 is 10.2 Å². The summed E-state index contributed by atoms with van der Waals surface area (Å²) in [4.78, 5) is 39.7. The van der Waals surface area contributed by atoms with Crippen LogP contribution in [0, 0.1) is 10.1 Å². The van der Waals surface area contributed by atoms with Crippen molar-refractivity contribution < 1.29 is 14.5 Å². The minimum absolute atomic E-state index is 0.121. The Morgan fingerprint density at radius 3 is 2.31 bits per heavy atom. The Morgan fingerprint density at radius 1 is 0.972 bits per heavy atom. The van der Waals surface area contributed by atoms with Gasteiger partial charge in [0.1, 0.15) is 6.04 Å². The van der Waals surface area contributed by atoms with Gasteiger partial charge in [-0.2, -0.15) is 0 Å². The van der Waals surface area contributed by atoms with Gasteiger partial charge in [-0.3, -0.25) is 19.7 Å². The number of nitro groups is 1. The normalized spacial score (nSPS) is 11.5. The molecule has 1 atom stereocenters. The molecule has 1 unspecified atom stereocenters. The van der Waals surface area contributed by atoms with Gasteiger partial charge in [-0.05, 0) is 29.7 Å². The summed E-state index contributed by atoms with van der Waals surface area (Å²) < 4.78 is 0. The number of nitrogens with zero attached hydrogens (tertiary/aromatic N) is 2. The van der Waals surface area contributed by atoms with Crippen LogP contribution in [0.5, 0.6) is 0 Å². The second-order valence-electron chi connectivity index (χ2n) is 8.56. The van der Waals surface area contributed by atoms with E-state index in [0.717, 1.165) is 24.0 Å². The molecule has 0 saturated heterocycles. The summed E-state index contributed by atoms with van der Waals surface area (Å²) in [6.45, 7) is 2.71. The van der Waals surface area contributed by atoms with Crippen LogP contribution in [0.1, 0.15) is 36.5 Å². The number of hydrogen-bond donors (Lipinski definition) is 1. The smallest absolute Gasteiger partial charge is 0.273 e. The minimum Gasteiger partial charge on any atom is -0.354 e. The Hall–Kier alpha value is -3.71. The van der Waals surface area contributed by atoms with E-state index < -0.39 is 11.0 Å². The topological polar surface area (TPSA) is 92.6 Å². The zero-order valence-corrected chi connectivity index (χ0v) is 21.0. The maximum Gasteiger partial charge on any atom is 0.273 e. The Kier molecular flexibility index (Phi) is 10.0. The summed E-state index contributed by atoms with van der Waals surface area (Å²) in [5.74, 6) is -0.622. The number of para-hydroxylation sites is 1. The zero-order chi connectivity index (χ0) is 25.9. The molecular weight excluding hydrogens is 478 g/mol. The van der Waals surface area contributed by atoms with Gasteiger partial charge in [-0.1, -0.05) is 85.6 Å². The SMILES string of the molecule is CCCCNC(=O)C(Cc1ccccc1)N(Cc1ccc(Cl)cc1)C(=O)Cc1ccccc1[N+](=O)[O-]. The maximum atomic E-state index is 13.7. The third-order valence-corrected chi connectivity index (χ3v) is 6.15. The van der Waals surface area contributed by atoms with Crippen molar-refractivity contribution in [3.63, 3.8) is 0 Å². The molecule has 0 spiro atoms. The molecule has 3 aromatic rings. The number of halogens is 1. The second kappa shape index (κ2) is 13.4. The highest BCUT2D eigenvalue weighted by Crippen LogP contribution is 2.22. The molecule has 7 nitrogen and oxygen atoms in total. The first-order chi connectivity index (χ1) is 17.4. The van der Waals surface area contributed by atoms with Gasteiger partial charge in [0.05, 0.1) is 11.3 Å². The number of carbonyl (C=O) groups is 2. The number of benzene rings is 3. The minimum atomic E-state index is -0.796. The van der Waals surface area contributed by atoms with E-state index in [4.69, 9.17) is 11.6 Å². The van der Waals surface area contributed by atoms with Crippen LogP contribution in [-0.4, -0.2) is 34.2 Å². The van der Waals surface area contributed by atoms with Crippen molar-refractivity contribution >= 4 is 29.1 Å². The number of rotatable bonds is 12. The van der Waals surface area contributed by atoms with Crippen LogP contribution >= 0.6 is 11.6 Å². The Balaban J connectivity index is 1.98. The largest absolute Gasteiger partial charge is 0.354 e.